The van der Waals surface area contributed by atoms with E-state index in [1.807, 2.05) is 0 Å². The predicted molar refractivity (Wildman–Crippen MR) is 106 cm³/mol. The molecule has 3 N–H and O–H groups in total. The van der Waals surface area contributed by atoms with E-state index in [-0.39, 0.29) is 16.9 Å². The van der Waals surface area contributed by atoms with E-state index in [0.717, 1.165) is 32.2 Å². The van der Waals surface area contributed by atoms with Gasteiger partial charge in [0.25, 0.3) is 11.8 Å². The summed E-state index contributed by atoms with van der Waals surface area (Å²) in [4.78, 5) is 28.1. The smallest absolute Gasteiger partial charge is 0.417 e. The molecular weight excluding hydrogens is 453 g/mol. The van der Waals surface area contributed by atoms with Crippen molar-refractivity contribution in [2.75, 3.05) is 12.4 Å². The molecule has 2 heterocycles. The Kier molecular flexibility index (Phi) is 6.33. The van der Waals surface area contributed by atoms with Gasteiger partial charge in [0.15, 0.2) is 17.2 Å². The first-order valence-electron chi connectivity index (χ1n) is 9.65. The van der Waals surface area contributed by atoms with Crippen LogP contribution >= 0.6 is 0 Å². The van der Waals surface area contributed by atoms with Crippen molar-refractivity contribution in [2.24, 2.45) is 11.7 Å². The first-order chi connectivity index (χ1) is 15.3. The molecule has 7 nitrogen and oxygen atoms in total. The SMILES string of the molecule is COc1c([C@H]2[C@@H](C(=O)Nc3ccnc(C(N)=O)c3)O[C@](C)(C(F)(F)F)[C@H]2C)ccc(F)c1F. The third kappa shape index (κ3) is 4.22. The molecule has 1 aromatic heterocycles. The zero-order valence-corrected chi connectivity index (χ0v) is 17.7. The van der Waals surface area contributed by atoms with Gasteiger partial charge in [-0.05, 0) is 25.1 Å². The van der Waals surface area contributed by atoms with Crippen LogP contribution in [0, 0.1) is 17.6 Å². The molecular formula is C21H20F5N3O4. The van der Waals surface area contributed by atoms with Crippen LogP contribution in [0.15, 0.2) is 30.5 Å². The van der Waals surface area contributed by atoms with Crippen molar-refractivity contribution < 1.29 is 41.0 Å². The van der Waals surface area contributed by atoms with Gasteiger partial charge in [-0.1, -0.05) is 13.0 Å². The number of hydrogen-bond acceptors (Lipinski definition) is 5. The number of halogens is 5. The minimum Gasteiger partial charge on any atom is -0.493 e. The number of nitrogens with two attached hydrogens (primary N) is 1. The molecule has 2 amide bonds. The average Bonchev–Trinajstić information content (AvgIpc) is 3.02. The molecule has 1 aliphatic rings. The zero-order chi connectivity index (χ0) is 24.7. The number of nitrogens with one attached hydrogen (secondary N) is 1. The molecule has 2 aromatic rings. The van der Waals surface area contributed by atoms with Crippen molar-refractivity contribution in [2.45, 2.75) is 37.6 Å². The van der Waals surface area contributed by atoms with E-state index in [1.54, 1.807) is 0 Å². The molecule has 33 heavy (non-hydrogen) atoms. The standard InChI is InChI=1S/C21H20F5N3O4/c1-9-14(11-4-5-12(22)15(23)16(11)32-3)17(33-20(9,2)21(24,25)26)19(31)29-10-6-7-28-13(8-10)18(27)30/h4-9,14,17H,1-3H3,(H2,27,30)(H,28,29,31)/t9-,14-,17-,20-/m0/s1. The monoisotopic (exact) mass is 473 g/mol. The normalized spacial score (nSPS) is 25.0. The van der Waals surface area contributed by atoms with Crippen molar-refractivity contribution in [3.8, 4) is 5.75 Å². The fourth-order valence-electron chi connectivity index (χ4n) is 3.90. The van der Waals surface area contributed by atoms with Crippen LogP contribution in [-0.2, 0) is 9.53 Å². The van der Waals surface area contributed by atoms with Gasteiger partial charge >= 0.3 is 6.18 Å². The highest BCUT2D eigenvalue weighted by molar-refractivity contribution is 5.97. The number of carbonyl (C=O) groups excluding carboxylic acids is 2. The number of pyridine rings is 1. The Bertz CT molecular complexity index is 1090. The Balaban J connectivity index is 2.07. The molecule has 3 rings (SSSR count). The number of primary amides is 1. The van der Waals surface area contributed by atoms with Gasteiger partial charge in [-0.25, -0.2) is 4.39 Å². The Morgan fingerprint density at radius 3 is 2.48 bits per heavy atom. The molecule has 0 spiro atoms. The summed E-state index contributed by atoms with van der Waals surface area (Å²) in [7, 11) is 1.03. The van der Waals surface area contributed by atoms with Crippen LogP contribution in [0.5, 0.6) is 5.75 Å². The van der Waals surface area contributed by atoms with Crippen LogP contribution < -0.4 is 15.8 Å². The van der Waals surface area contributed by atoms with Gasteiger partial charge in [0.2, 0.25) is 5.82 Å². The quantitative estimate of drug-likeness (QED) is 0.647. The highest BCUT2D eigenvalue weighted by Gasteiger charge is 2.65. The molecule has 1 aromatic carbocycles. The fourth-order valence-corrected chi connectivity index (χ4v) is 3.90. The molecule has 0 unspecified atom stereocenters. The van der Waals surface area contributed by atoms with Crippen molar-refractivity contribution in [1.82, 2.24) is 4.98 Å². The van der Waals surface area contributed by atoms with E-state index in [4.69, 9.17) is 15.2 Å². The van der Waals surface area contributed by atoms with E-state index in [2.05, 4.69) is 10.3 Å². The molecule has 0 radical (unpaired) electrons. The maximum Gasteiger partial charge on any atom is 0.417 e. The molecule has 0 bridgehead atoms. The van der Waals surface area contributed by atoms with Gasteiger partial charge in [0.1, 0.15) is 11.8 Å². The molecule has 1 saturated heterocycles. The van der Waals surface area contributed by atoms with Gasteiger partial charge in [-0.3, -0.25) is 14.6 Å². The molecule has 0 saturated carbocycles. The summed E-state index contributed by atoms with van der Waals surface area (Å²) in [6.45, 7) is 1.98. The Morgan fingerprint density at radius 2 is 1.91 bits per heavy atom. The number of alkyl halides is 3. The molecule has 1 fully saturated rings. The molecule has 4 atom stereocenters. The maximum atomic E-state index is 14.4. The summed E-state index contributed by atoms with van der Waals surface area (Å²) in [5.74, 6) is -7.94. The summed E-state index contributed by atoms with van der Waals surface area (Å²) in [6, 6.07) is 4.22. The first kappa shape index (κ1) is 24.4. The average molecular weight is 473 g/mol. The largest absolute Gasteiger partial charge is 0.493 e. The minimum atomic E-state index is -4.89. The number of methoxy groups -OCH3 is 1. The van der Waals surface area contributed by atoms with Crippen LogP contribution in [-0.4, -0.2) is 41.8 Å². The van der Waals surface area contributed by atoms with Crippen LogP contribution in [0.1, 0.15) is 35.8 Å². The van der Waals surface area contributed by atoms with E-state index < -0.39 is 58.9 Å². The Morgan fingerprint density at radius 1 is 1.24 bits per heavy atom. The number of aromatic nitrogens is 1. The molecule has 0 aliphatic carbocycles. The summed E-state index contributed by atoms with van der Waals surface area (Å²) < 4.78 is 80.1. The lowest BCUT2D eigenvalue weighted by molar-refractivity contribution is -0.272. The fraction of sp³-hybridized carbons (Fsp3) is 0.381. The maximum absolute atomic E-state index is 14.4. The third-order valence-electron chi connectivity index (χ3n) is 5.85. The van der Waals surface area contributed by atoms with Gasteiger partial charge in [0.05, 0.1) is 7.11 Å². The first-order valence-corrected chi connectivity index (χ1v) is 9.65. The number of benzene rings is 1. The number of ether oxygens (including phenoxy) is 2. The number of amides is 2. The lowest BCUT2D eigenvalue weighted by atomic mass is 9.77. The van der Waals surface area contributed by atoms with Crippen LogP contribution in [0.4, 0.5) is 27.6 Å². The second-order valence-corrected chi connectivity index (χ2v) is 7.72. The lowest BCUT2D eigenvalue weighted by Crippen LogP contribution is -2.47. The van der Waals surface area contributed by atoms with Crippen molar-refractivity contribution >= 4 is 17.5 Å². The highest BCUT2D eigenvalue weighted by atomic mass is 19.4. The summed E-state index contributed by atoms with van der Waals surface area (Å²) >= 11 is 0. The van der Waals surface area contributed by atoms with Crippen molar-refractivity contribution in [1.29, 1.82) is 0 Å². The predicted octanol–water partition coefficient (Wildman–Crippen LogP) is 3.55. The Hall–Kier alpha value is -3.28. The van der Waals surface area contributed by atoms with E-state index >= 15 is 0 Å². The number of carbonyl (C=O) groups is 2. The summed E-state index contributed by atoms with van der Waals surface area (Å²) in [5, 5.41) is 2.36. The van der Waals surface area contributed by atoms with Gasteiger partial charge in [-0.2, -0.15) is 17.6 Å². The molecule has 1 aliphatic heterocycles. The summed E-state index contributed by atoms with van der Waals surface area (Å²) in [5.41, 5.74) is 2.04. The topological polar surface area (TPSA) is 104 Å². The van der Waals surface area contributed by atoms with Crippen molar-refractivity contribution in [3.63, 3.8) is 0 Å². The van der Waals surface area contributed by atoms with Gasteiger partial charge < -0.3 is 20.5 Å². The van der Waals surface area contributed by atoms with E-state index in [9.17, 15) is 31.5 Å². The lowest BCUT2D eigenvalue weighted by Gasteiger charge is -2.32. The molecule has 178 valence electrons. The second-order valence-electron chi connectivity index (χ2n) is 7.72. The minimum absolute atomic E-state index is 0.0247. The van der Waals surface area contributed by atoms with E-state index in [1.165, 1.54) is 19.2 Å². The Labute approximate surface area is 185 Å². The van der Waals surface area contributed by atoms with Crippen LogP contribution in [0.2, 0.25) is 0 Å². The van der Waals surface area contributed by atoms with Crippen LogP contribution in [0.25, 0.3) is 0 Å². The second kappa shape index (κ2) is 8.58. The third-order valence-corrected chi connectivity index (χ3v) is 5.85. The van der Waals surface area contributed by atoms with E-state index in [0.29, 0.717) is 0 Å². The van der Waals surface area contributed by atoms with Gasteiger partial charge in [0, 0.05) is 29.3 Å². The number of hydrogen-bond donors (Lipinski definition) is 2. The number of nitrogens with zero attached hydrogens (tertiary/aromatic N) is 1. The van der Waals surface area contributed by atoms with Gasteiger partial charge in [-0.15, -0.1) is 0 Å². The highest BCUT2D eigenvalue weighted by Crippen LogP contribution is 2.55. The number of anilines is 1. The van der Waals surface area contributed by atoms with Crippen LogP contribution in [0.3, 0.4) is 0 Å². The number of rotatable bonds is 5. The van der Waals surface area contributed by atoms with Crippen molar-refractivity contribution in [3.05, 3.63) is 53.4 Å². The summed E-state index contributed by atoms with van der Waals surface area (Å²) in [6.07, 6.45) is -5.49. The molecule has 12 heteroatoms. The zero-order valence-electron chi connectivity index (χ0n) is 17.7.